The van der Waals surface area contributed by atoms with Gasteiger partial charge in [-0.3, -0.25) is 4.79 Å². The Hall–Kier alpha value is -1.69. The minimum absolute atomic E-state index is 0.263. The number of thiazole rings is 1. The van der Waals surface area contributed by atoms with E-state index in [1.54, 1.807) is 6.08 Å². The van der Waals surface area contributed by atoms with E-state index in [1.807, 2.05) is 26.2 Å². The number of aliphatic carboxylic acids is 1. The minimum Gasteiger partial charge on any atom is -0.480 e. The zero-order valence-electron chi connectivity index (χ0n) is 12.5. The van der Waals surface area contributed by atoms with Gasteiger partial charge in [0.15, 0.2) is 0 Å². The lowest BCUT2D eigenvalue weighted by Gasteiger charge is -2.43. The van der Waals surface area contributed by atoms with Crippen LogP contribution in [0.4, 0.5) is 0 Å². The van der Waals surface area contributed by atoms with Gasteiger partial charge in [-0.25, -0.2) is 9.78 Å². The third-order valence-electron chi connectivity index (χ3n) is 3.82. The largest absolute Gasteiger partial charge is 0.480 e. The summed E-state index contributed by atoms with van der Waals surface area (Å²) in [6.45, 7) is 6.19. The number of nitrogens with zero attached hydrogens (tertiary/aromatic N) is 2. The van der Waals surface area contributed by atoms with Gasteiger partial charge in [0.1, 0.15) is 6.04 Å². The number of carboxylic acids is 1. The Labute approximate surface area is 128 Å². The summed E-state index contributed by atoms with van der Waals surface area (Å²) in [5, 5.41) is 12.3. The maximum absolute atomic E-state index is 12.3. The van der Waals surface area contributed by atoms with Crippen molar-refractivity contribution in [3.8, 4) is 0 Å². The molecule has 0 radical (unpaired) electrons. The van der Waals surface area contributed by atoms with Crippen LogP contribution < -0.4 is 0 Å². The molecule has 0 spiro atoms. The summed E-state index contributed by atoms with van der Waals surface area (Å²) in [5.41, 5.74) is 0.319. The number of piperidine rings is 1. The Morgan fingerprint density at radius 3 is 2.81 bits per heavy atom. The van der Waals surface area contributed by atoms with E-state index in [-0.39, 0.29) is 5.91 Å². The van der Waals surface area contributed by atoms with E-state index in [1.165, 1.54) is 22.3 Å². The van der Waals surface area contributed by atoms with Gasteiger partial charge in [0.2, 0.25) is 5.91 Å². The number of amides is 1. The molecule has 0 aliphatic carbocycles. The van der Waals surface area contributed by atoms with Crippen LogP contribution in [-0.2, 0) is 9.59 Å². The summed E-state index contributed by atoms with van der Waals surface area (Å²) in [6.07, 6.45) is 4.70. The van der Waals surface area contributed by atoms with Crippen LogP contribution in [0.5, 0.6) is 0 Å². The molecule has 1 aliphatic heterocycles. The van der Waals surface area contributed by atoms with Crippen molar-refractivity contribution in [2.24, 2.45) is 5.41 Å². The quantitative estimate of drug-likeness (QED) is 0.871. The van der Waals surface area contributed by atoms with E-state index in [4.69, 9.17) is 0 Å². The van der Waals surface area contributed by atoms with Crippen LogP contribution in [-0.4, -0.2) is 39.5 Å². The number of carboxylic acid groups (broad SMARTS) is 1. The topological polar surface area (TPSA) is 70.5 Å². The van der Waals surface area contributed by atoms with Crippen LogP contribution >= 0.6 is 11.3 Å². The van der Waals surface area contributed by atoms with Crippen LogP contribution in [0.15, 0.2) is 11.5 Å². The number of carbonyl (C=O) groups is 2. The van der Waals surface area contributed by atoms with Crippen molar-refractivity contribution in [3.63, 3.8) is 0 Å². The van der Waals surface area contributed by atoms with Crippen LogP contribution in [0.1, 0.15) is 37.4 Å². The van der Waals surface area contributed by atoms with Crippen molar-refractivity contribution < 1.29 is 14.7 Å². The lowest BCUT2D eigenvalue weighted by molar-refractivity contribution is -0.156. The molecule has 1 N–H and O–H groups in total. The Kier molecular flexibility index (Phi) is 4.46. The lowest BCUT2D eigenvalue weighted by Crippen LogP contribution is -2.55. The molecular weight excluding hydrogens is 288 g/mol. The fourth-order valence-electron chi connectivity index (χ4n) is 2.81. The van der Waals surface area contributed by atoms with Crippen molar-refractivity contribution in [2.45, 2.75) is 39.7 Å². The molecule has 1 aromatic rings. The van der Waals surface area contributed by atoms with Crippen molar-refractivity contribution >= 4 is 29.3 Å². The van der Waals surface area contributed by atoms with Gasteiger partial charge < -0.3 is 10.0 Å². The molecule has 0 bridgehead atoms. The first-order chi connectivity index (χ1) is 9.81. The molecule has 21 heavy (non-hydrogen) atoms. The van der Waals surface area contributed by atoms with E-state index in [2.05, 4.69) is 4.98 Å². The third kappa shape index (κ3) is 3.50. The lowest BCUT2D eigenvalue weighted by atomic mass is 9.76. The predicted molar refractivity (Wildman–Crippen MR) is 82.0 cm³/mol. The molecule has 1 aromatic heterocycles. The Morgan fingerprint density at radius 1 is 1.52 bits per heavy atom. The van der Waals surface area contributed by atoms with E-state index in [9.17, 15) is 14.7 Å². The summed E-state index contributed by atoms with van der Waals surface area (Å²) in [6, 6.07) is -0.777. The predicted octanol–water partition coefficient (Wildman–Crippen LogP) is 2.57. The highest BCUT2D eigenvalue weighted by Gasteiger charge is 2.43. The van der Waals surface area contributed by atoms with E-state index < -0.39 is 17.4 Å². The minimum atomic E-state index is -0.939. The molecule has 1 atom stereocenters. The summed E-state index contributed by atoms with van der Waals surface area (Å²) in [4.78, 5) is 29.6. The number of hydrogen-bond acceptors (Lipinski definition) is 4. The standard InChI is InChI=1S/C15H20N2O3S/c1-10-16-11(9-21-10)5-6-12(18)17-8-4-7-15(2,3)13(17)14(19)20/h5-6,9,13H,4,7-8H2,1-3H3,(H,19,20)/b6-5+. The molecule has 114 valence electrons. The molecular formula is C15H20N2O3S. The SMILES string of the molecule is Cc1nc(/C=C/C(=O)N2CCCC(C)(C)C2C(=O)O)cs1. The summed E-state index contributed by atoms with van der Waals surface area (Å²) in [5.74, 6) is -1.20. The Morgan fingerprint density at radius 2 is 2.24 bits per heavy atom. The van der Waals surface area contributed by atoms with Crippen LogP contribution in [0, 0.1) is 12.3 Å². The maximum atomic E-state index is 12.3. The average molecular weight is 308 g/mol. The number of hydrogen-bond donors (Lipinski definition) is 1. The second-order valence-electron chi connectivity index (χ2n) is 5.99. The van der Waals surface area contributed by atoms with Crippen molar-refractivity contribution in [2.75, 3.05) is 6.54 Å². The first-order valence-electron chi connectivity index (χ1n) is 6.95. The highest BCUT2D eigenvalue weighted by atomic mass is 32.1. The third-order valence-corrected chi connectivity index (χ3v) is 4.61. The van der Waals surface area contributed by atoms with E-state index in [0.29, 0.717) is 6.54 Å². The normalized spacial score (nSPS) is 21.7. The molecule has 6 heteroatoms. The zero-order valence-corrected chi connectivity index (χ0v) is 13.3. The van der Waals surface area contributed by atoms with Gasteiger partial charge in [-0.2, -0.15) is 0 Å². The average Bonchev–Trinajstić information content (AvgIpc) is 2.79. The first-order valence-corrected chi connectivity index (χ1v) is 7.83. The molecule has 1 fully saturated rings. The monoisotopic (exact) mass is 308 g/mol. The number of rotatable bonds is 3. The fourth-order valence-corrected chi connectivity index (χ4v) is 3.39. The van der Waals surface area contributed by atoms with Crippen molar-refractivity contribution in [1.82, 2.24) is 9.88 Å². The van der Waals surface area contributed by atoms with Gasteiger partial charge in [0.25, 0.3) is 0 Å². The second kappa shape index (κ2) is 5.97. The first kappa shape index (κ1) is 15.7. The molecule has 0 aromatic carbocycles. The number of carbonyl (C=O) groups excluding carboxylic acids is 1. The Bertz CT molecular complexity index is 577. The van der Waals surface area contributed by atoms with Gasteiger partial charge >= 0.3 is 5.97 Å². The van der Waals surface area contributed by atoms with Gasteiger partial charge in [0, 0.05) is 18.0 Å². The summed E-state index contributed by atoms with van der Waals surface area (Å²) >= 11 is 1.52. The molecule has 2 heterocycles. The highest BCUT2D eigenvalue weighted by molar-refractivity contribution is 7.09. The number of likely N-dealkylation sites (tertiary alicyclic amines) is 1. The Balaban J connectivity index is 2.16. The summed E-state index contributed by atoms with van der Waals surface area (Å²) in [7, 11) is 0. The molecule has 2 rings (SSSR count). The number of aryl methyl sites for hydroxylation is 1. The molecule has 1 amide bonds. The van der Waals surface area contributed by atoms with Gasteiger partial charge in [0.05, 0.1) is 10.7 Å². The summed E-state index contributed by atoms with van der Waals surface area (Å²) < 4.78 is 0. The zero-order chi connectivity index (χ0) is 15.6. The molecule has 1 unspecified atom stereocenters. The highest BCUT2D eigenvalue weighted by Crippen LogP contribution is 2.35. The van der Waals surface area contributed by atoms with Crippen molar-refractivity contribution in [3.05, 3.63) is 22.2 Å². The van der Waals surface area contributed by atoms with Crippen LogP contribution in [0.25, 0.3) is 6.08 Å². The second-order valence-corrected chi connectivity index (χ2v) is 7.05. The van der Waals surface area contributed by atoms with E-state index >= 15 is 0 Å². The smallest absolute Gasteiger partial charge is 0.326 e. The van der Waals surface area contributed by atoms with Gasteiger partial charge in [-0.05, 0) is 31.3 Å². The van der Waals surface area contributed by atoms with Crippen LogP contribution in [0.3, 0.4) is 0 Å². The van der Waals surface area contributed by atoms with Crippen LogP contribution in [0.2, 0.25) is 0 Å². The molecule has 5 nitrogen and oxygen atoms in total. The molecule has 1 saturated heterocycles. The van der Waals surface area contributed by atoms with Gasteiger partial charge in [-0.15, -0.1) is 11.3 Å². The van der Waals surface area contributed by atoms with Gasteiger partial charge in [-0.1, -0.05) is 13.8 Å². The van der Waals surface area contributed by atoms with Crippen molar-refractivity contribution in [1.29, 1.82) is 0 Å². The molecule has 0 saturated carbocycles. The number of aromatic nitrogens is 1. The fraction of sp³-hybridized carbons (Fsp3) is 0.533. The maximum Gasteiger partial charge on any atom is 0.326 e. The molecule has 1 aliphatic rings. The van der Waals surface area contributed by atoms with E-state index in [0.717, 1.165) is 23.5 Å².